The van der Waals surface area contributed by atoms with Crippen LogP contribution in [0.4, 0.5) is 5.82 Å². The highest BCUT2D eigenvalue weighted by atomic mass is 16.1. The van der Waals surface area contributed by atoms with Gasteiger partial charge in [0.1, 0.15) is 6.07 Å². The molecular formula is C11H15N3O. The first kappa shape index (κ1) is 13.1. The number of hydrogen-bond donors (Lipinski definition) is 1. The van der Waals surface area contributed by atoms with E-state index in [0.717, 1.165) is 5.69 Å². The first-order chi connectivity index (χ1) is 7.13. The number of pyridine rings is 1. The molecule has 0 aliphatic heterocycles. The van der Waals surface area contributed by atoms with E-state index in [9.17, 15) is 4.79 Å². The van der Waals surface area contributed by atoms with Gasteiger partial charge in [0.25, 0.3) is 0 Å². The fourth-order valence-electron chi connectivity index (χ4n) is 0.909. The summed E-state index contributed by atoms with van der Waals surface area (Å²) in [5.74, 6) is 0.101. The quantitative estimate of drug-likeness (QED) is 0.764. The maximum atomic E-state index is 10.7. The Balaban J connectivity index is 0.000000921. The summed E-state index contributed by atoms with van der Waals surface area (Å²) in [6.45, 7) is 7.18. The molecule has 0 atom stereocenters. The van der Waals surface area contributed by atoms with Gasteiger partial charge in [-0.05, 0) is 19.1 Å². The monoisotopic (exact) mass is 205 g/mol. The van der Waals surface area contributed by atoms with Crippen molar-refractivity contribution in [1.29, 1.82) is 5.26 Å². The summed E-state index contributed by atoms with van der Waals surface area (Å²) in [6.07, 6.45) is 0. The van der Waals surface area contributed by atoms with Crippen molar-refractivity contribution in [3.05, 3.63) is 23.4 Å². The normalized spacial score (nSPS) is 8.20. The second kappa shape index (κ2) is 6.55. The van der Waals surface area contributed by atoms with Crippen molar-refractivity contribution in [1.82, 2.24) is 4.98 Å². The van der Waals surface area contributed by atoms with Gasteiger partial charge in [-0.25, -0.2) is 4.98 Å². The lowest BCUT2D eigenvalue weighted by Gasteiger charge is -2.03. The molecule has 80 valence electrons. The second-order valence-electron chi connectivity index (χ2n) is 2.64. The molecule has 0 aromatic carbocycles. The van der Waals surface area contributed by atoms with Crippen molar-refractivity contribution >= 4 is 11.7 Å². The van der Waals surface area contributed by atoms with Gasteiger partial charge >= 0.3 is 0 Å². The number of aromatic nitrogens is 1. The molecule has 1 heterocycles. The Kier molecular flexibility index (Phi) is 5.72. The van der Waals surface area contributed by atoms with Crippen LogP contribution in [0.25, 0.3) is 0 Å². The summed E-state index contributed by atoms with van der Waals surface area (Å²) in [5.41, 5.74) is 1.14. The largest absolute Gasteiger partial charge is 0.310 e. The summed E-state index contributed by atoms with van der Waals surface area (Å²) >= 11 is 0. The predicted molar refractivity (Wildman–Crippen MR) is 59.3 cm³/mol. The van der Waals surface area contributed by atoms with E-state index < -0.39 is 0 Å². The van der Waals surface area contributed by atoms with Gasteiger partial charge in [-0.2, -0.15) is 5.26 Å². The van der Waals surface area contributed by atoms with Crippen molar-refractivity contribution in [3.8, 4) is 6.07 Å². The van der Waals surface area contributed by atoms with Gasteiger partial charge in [0, 0.05) is 12.6 Å². The van der Waals surface area contributed by atoms with Crippen LogP contribution in [0, 0.1) is 18.3 Å². The van der Waals surface area contributed by atoms with E-state index in [2.05, 4.69) is 10.3 Å². The molecule has 0 bridgehead atoms. The van der Waals surface area contributed by atoms with Crippen LogP contribution < -0.4 is 5.32 Å². The third-order valence-corrected chi connectivity index (χ3v) is 1.45. The third-order valence-electron chi connectivity index (χ3n) is 1.45. The first-order valence-electron chi connectivity index (χ1n) is 4.79. The molecule has 0 radical (unpaired) electrons. The van der Waals surface area contributed by atoms with Crippen LogP contribution in [0.1, 0.15) is 32.0 Å². The minimum atomic E-state index is -0.227. The van der Waals surface area contributed by atoms with Crippen LogP contribution in [0.3, 0.4) is 0 Å². The molecule has 1 rings (SSSR count). The van der Waals surface area contributed by atoms with Crippen molar-refractivity contribution in [2.24, 2.45) is 0 Å². The van der Waals surface area contributed by atoms with Gasteiger partial charge in [-0.1, -0.05) is 13.8 Å². The van der Waals surface area contributed by atoms with Crippen molar-refractivity contribution in [3.63, 3.8) is 0 Å². The molecule has 0 saturated carbocycles. The van der Waals surface area contributed by atoms with Gasteiger partial charge in [0.05, 0.1) is 5.56 Å². The Morgan fingerprint density at radius 1 is 1.47 bits per heavy atom. The summed E-state index contributed by atoms with van der Waals surface area (Å²) in [4.78, 5) is 14.8. The van der Waals surface area contributed by atoms with E-state index in [4.69, 9.17) is 5.26 Å². The highest BCUT2D eigenvalue weighted by molar-refractivity contribution is 5.88. The fraction of sp³-hybridized carbons (Fsp3) is 0.364. The Labute approximate surface area is 90.0 Å². The summed E-state index contributed by atoms with van der Waals surface area (Å²) in [7, 11) is 0. The van der Waals surface area contributed by atoms with Crippen LogP contribution in [0.5, 0.6) is 0 Å². The van der Waals surface area contributed by atoms with E-state index in [0.29, 0.717) is 11.4 Å². The third kappa shape index (κ3) is 4.23. The van der Waals surface area contributed by atoms with Crippen LogP contribution >= 0.6 is 0 Å². The maximum Gasteiger partial charge on any atom is 0.222 e. The zero-order chi connectivity index (χ0) is 11.8. The van der Waals surface area contributed by atoms with Crippen LogP contribution in [0.2, 0.25) is 0 Å². The smallest absolute Gasteiger partial charge is 0.222 e. The van der Waals surface area contributed by atoms with E-state index in [1.165, 1.54) is 6.92 Å². The lowest BCUT2D eigenvalue weighted by atomic mass is 10.2. The van der Waals surface area contributed by atoms with Crippen LogP contribution in [-0.4, -0.2) is 10.9 Å². The Morgan fingerprint density at radius 3 is 2.53 bits per heavy atom. The second-order valence-corrected chi connectivity index (χ2v) is 2.64. The lowest BCUT2D eigenvalue weighted by molar-refractivity contribution is -0.114. The fourth-order valence-corrected chi connectivity index (χ4v) is 0.909. The van der Waals surface area contributed by atoms with Crippen molar-refractivity contribution in [2.75, 3.05) is 5.32 Å². The number of amides is 1. The number of carbonyl (C=O) groups excluding carboxylic acids is 1. The zero-order valence-electron chi connectivity index (χ0n) is 9.46. The Morgan fingerprint density at radius 2 is 2.07 bits per heavy atom. The standard InChI is InChI=1S/C9H9N3O.C2H6/c1-6-3-4-8(5-10)9(11-6)12-7(2)13;1-2/h3-4H,1-2H3,(H,11,12,13);1-2H3. The molecule has 4 nitrogen and oxygen atoms in total. The number of carbonyl (C=O) groups is 1. The molecule has 1 N–H and O–H groups in total. The molecule has 1 aromatic heterocycles. The van der Waals surface area contributed by atoms with Crippen LogP contribution in [-0.2, 0) is 4.79 Å². The minimum Gasteiger partial charge on any atom is -0.310 e. The molecule has 0 saturated heterocycles. The molecule has 0 fully saturated rings. The minimum absolute atomic E-state index is 0.227. The molecular weight excluding hydrogens is 190 g/mol. The predicted octanol–water partition coefficient (Wildman–Crippen LogP) is 2.25. The number of hydrogen-bond acceptors (Lipinski definition) is 3. The lowest BCUT2D eigenvalue weighted by Crippen LogP contribution is -2.09. The number of nitrogens with one attached hydrogen (secondary N) is 1. The molecule has 1 aromatic rings. The van der Waals surface area contributed by atoms with Gasteiger partial charge in [-0.3, -0.25) is 4.79 Å². The average Bonchev–Trinajstić information content (AvgIpc) is 2.20. The van der Waals surface area contributed by atoms with Crippen LogP contribution in [0.15, 0.2) is 12.1 Å². The molecule has 0 aliphatic rings. The SMILES string of the molecule is CC.CC(=O)Nc1nc(C)ccc1C#N. The molecule has 0 aliphatic carbocycles. The maximum absolute atomic E-state index is 10.7. The van der Waals surface area contributed by atoms with Crippen molar-refractivity contribution < 1.29 is 4.79 Å². The van der Waals surface area contributed by atoms with Gasteiger partial charge < -0.3 is 5.32 Å². The molecule has 0 spiro atoms. The first-order valence-corrected chi connectivity index (χ1v) is 4.79. The van der Waals surface area contributed by atoms with E-state index in [1.54, 1.807) is 19.1 Å². The Hall–Kier alpha value is -1.89. The van der Waals surface area contributed by atoms with E-state index in [1.807, 2.05) is 19.9 Å². The summed E-state index contributed by atoms with van der Waals surface area (Å²) in [5, 5.41) is 11.2. The molecule has 4 heteroatoms. The molecule has 15 heavy (non-hydrogen) atoms. The average molecular weight is 205 g/mol. The molecule has 1 amide bonds. The van der Waals surface area contributed by atoms with E-state index in [-0.39, 0.29) is 5.91 Å². The molecule has 0 unspecified atom stereocenters. The topological polar surface area (TPSA) is 65.8 Å². The van der Waals surface area contributed by atoms with Gasteiger partial charge in [0.15, 0.2) is 5.82 Å². The number of rotatable bonds is 1. The summed E-state index contributed by atoms with van der Waals surface area (Å²) < 4.78 is 0. The zero-order valence-corrected chi connectivity index (χ0v) is 9.46. The number of nitriles is 1. The number of anilines is 1. The highest BCUT2D eigenvalue weighted by Crippen LogP contribution is 2.11. The van der Waals surface area contributed by atoms with Gasteiger partial charge in [-0.15, -0.1) is 0 Å². The highest BCUT2D eigenvalue weighted by Gasteiger charge is 2.04. The number of aryl methyl sites for hydroxylation is 1. The van der Waals surface area contributed by atoms with E-state index >= 15 is 0 Å². The number of nitrogens with zero attached hydrogens (tertiary/aromatic N) is 2. The summed E-state index contributed by atoms with van der Waals surface area (Å²) in [6, 6.07) is 5.31. The van der Waals surface area contributed by atoms with Crippen molar-refractivity contribution in [2.45, 2.75) is 27.7 Å². The Bertz CT molecular complexity index is 380. The van der Waals surface area contributed by atoms with Gasteiger partial charge in [0.2, 0.25) is 5.91 Å².